The van der Waals surface area contributed by atoms with Crippen molar-refractivity contribution in [3.05, 3.63) is 48.3 Å². The van der Waals surface area contributed by atoms with Crippen molar-refractivity contribution in [1.82, 2.24) is 10.1 Å². The molecule has 26 heavy (non-hydrogen) atoms. The lowest BCUT2D eigenvalue weighted by molar-refractivity contribution is 0.354. The molecule has 2 aromatic carbocycles. The molecule has 1 N–H and O–H groups in total. The first kappa shape index (κ1) is 17.7. The summed E-state index contributed by atoms with van der Waals surface area (Å²) >= 11 is 0. The standard InChI is InChI=1S/C17H17N3O5S/c1-11-18-17(25-19-11)12-5-4-6-13(9-12)20-26(21,22)14-7-8-15(23-2)16(10-14)24-3/h4-10,20H,1-3H3. The van der Waals surface area contributed by atoms with Crippen LogP contribution in [0.5, 0.6) is 11.5 Å². The molecule has 0 aliphatic heterocycles. The maximum Gasteiger partial charge on any atom is 0.262 e. The highest BCUT2D eigenvalue weighted by Crippen LogP contribution is 2.30. The van der Waals surface area contributed by atoms with E-state index in [9.17, 15) is 8.42 Å². The quantitative estimate of drug-likeness (QED) is 0.706. The molecule has 0 unspecified atom stereocenters. The third kappa shape index (κ3) is 3.62. The molecule has 0 aliphatic rings. The molecule has 0 spiro atoms. The fourth-order valence-electron chi connectivity index (χ4n) is 2.33. The fourth-order valence-corrected chi connectivity index (χ4v) is 3.39. The molecule has 9 heteroatoms. The Hall–Kier alpha value is -3.07. The fraction of sp³-hybridized carbons (Fsp3) is 0.176. The Morgan fingerprint density at radius 2 is 1.81 bits per heavy atom. The third-order valence-electron chi connectivity index (χ3n) is 3.55. The first-order valence-electron chi connectivity index (χ1n) is 7.58. The van der Waals surface area contributed by atoms with Gasteiger partial charge in [-0.3, -0.25) is 4.72 Å². The van der Waals surface area contributed by atoms with Crippen LogP contribution in [0.1, 0.15) is 5.82 Å². The van der Waals surface area contributed by atoms with Crippen LogP contribution in [-0.2, 0) is 10.0 Å². The van der Waals surface area contributed by atoms with Gasteiger partial charge < -0.3 is 14.0 Å². The van der Waals surface area contributed by atoms with Gasteiger partial charge in [-0.05, 0) is 37.3 Å². The van der Waals surface area contributed by atoms with Crippen molar-refractivity contribution in [3.63, 3.8) is 0 Å². The van der Waals surface area contributed by atoms with Gasteiger partial charge in [0.25, 0.3) is 15.9 Å². The van der Waals surface area contributed by atoms with Crippen LogP contribution < -0.4 is 14.2 Å². The maximum absolute atomic E-state index is 12.7. The molecule has 0 bridgehead atoms. The van der Waals surface area contributed by atoms with E-state index in [-0.39, 0.29) is 4.90 Å². The topological polar surface area (TPSA) is 104 Å². The number of benzene rings is 2. The monoisotopic (exact) mass is 375 g/mol. The second-order valence-electron chi connectivity index (χ2n) is 5.35. The van der Waals surface area contributed by atoms with Gasteiger partial charge in [0.1, 0.15) is 0 Å². The van der Waals surface area contributed by atoms with E-state index in [0.29, 0.717) is 34.5 Å². The molecule has 0 aliphatic carbocycles. The molecule has 0 atom stereocenters. The molecule has 0 fully saturated rings. The van der Waals surface area contributed by atoms with Gasteiger partial charge in [-0.2, -0.15) is 4.98 Å². The van der Waals surface area contributed by atoms with E-state index in [4.69, 9.17) is 14.0 Å². The zero-order valence-electron chi connectivity index (χ0n) is 14.4. The number of nitrogens with one attached hydrogen (secondary N) is 1. The van der Waals surface area contributed by atoms with Gasteiger partial charge in [-0.25, -0.2) is 8.42 Å². The molecule has 8 nitrogen and oxygen atoms in total. The summed E-state index contributed by atoms with van der Waals surface area (Å²) in [6.07, 6.45) is 0. The number of nitrogens with zero attached hydrogens (tertiary/aromatic N) is 2. The first-order valence-corrected chi connectivity index (χ1v) is 9.07. The summed E-state index contributed by atoms with van der Waals surface area (Å²) in [5.74, 6) is 1.58. The van der Waals surface area contributed by atoms with Gasteiger partial charge in [0.2, 0.25) is 0 Å². The molecule has 1 aromatic heterocycles. The Labute approximate surface area is 150 Å². The highest BCUT2D eigenvalue weighted by molar-refractivity contribution is 7.92. The molecule has 3 aromatic rings. The summed E-state index contributed by atoms with van der Waals surface area (Å²) in [5.41, 5.74) is 0.978. The lowest BCUT2D eigenvalue weighted by atomic mass is 10.2. The highest BCUT2D eigenvalue weighted by Gasteiger charge is 2.18. The largest absolute Gasteiger partial charge is 0.493 e. The molecular formula is C17H17N3O5S. The van der Waals surface area contributed by atoms with Crippen molar-refractivity contribution < 1.29 is 22.4 Å². The van der Waals surface area contributed by atoms with Crippen LogP contribution in [0, 0.1) is 6.92 Å². The zero-order chi connectivity index (χ0) is 18.7. The number of sulfonamides is 1. The summed E-state index contributed by atoms with van der Waals surface area (Å²) in [7, 11) is -0.894. The Morgan fingerprint density at radius 3 is 2.46 bits per heavy atom. The molecule has 0 amide bonds. The number of aromatic nitrogens is 2. The highest BCUT2D eigenvalue weighted by atomic mass is 32.2. The Balaban J connectivity index is 1.90. The molecule has 3 rings (SSSR count). The van der Waals surface area contributed by atoms with Crippen LogP contribution in [0.15, 0.2) is 51.9 Å². The van der Waals surface area contributed by atoms with Crippen LogP contribution in [0.3, 0.4) is 0 Å². The van der Waals surface area contributed by atoms with Gasteiger partial charge >= 0.3 is 0 Å². The van der Waals surface area contributed by atoms with Crippen molar-refractivity contribution in [1.29, 1.82) is 0 Å². The molecule has 136 valence electrons. The van der Waals surface area contributed by atoms with Crippen LogP contribution in [-0.4, -0.2) is 32.8 Å². The molecule has 0 radical (unpaired) electrons. The van der Waals surface area contributed by atoms with Crippen molar-refractivity contribution in [2.75, 3.05) is 18.9 Å². The number of methoxy groups -OCH3 is 2. The van der Waals surface area contributed by atoms with Crippen molar-refractivity contribution in [3.8, 4) is 23.0 Å². The van der Waals surface area contributed by atoms with E-state index in [2.05, 4.69) is 14.9 Å². The van der Waals surface area contributed by atoms with E-state index in [1.807, 2.05) is 0 Å². The average molecular weight is 375 g/mol. The lowest BCUT2D eigenvalue weighted by Gasteiger charge is -2.12. The minimum absolute atomic E-state index is 0.0502. The molecular weight excluding hydrogens is 358 g/mol. The van der Waals surface area contributed by atoms with E-state index < -0.39 is 10.0 Å². The number of anilines is 1. The van der Waals surface area contributed by atoms with Gasteiger partial charge in [0.05, 0.1) is 19.1 Å². The molecule has 0 saturated carbocycles. The number of aryl methyl sites for hydroxylation is 1. The summed E-state index contributed by atoms with van der Waals surface area (Å²) < 4.78 is 43.2. The van der Waals surface area contributed by atoms with Crippen LogP contribution in [0.25, 0.3) is 11.5 Å². The summed E-state index contributed by atoms with van der Waals surface area (Å²) in [6, 6.07) is 11.1. The van der Waals surface area contributed by atoms with Gasteiger partial charge in [0.15, 0.2) is 17.3 Å². The summed E-state index contributed by atoms with van der Waals surface area (Å²) in [6.45, 7) is 1.70. The van der Waals surface area contributed by atoms with Crippen LogP contribution >= 0.6 is 0 Å². The second kappa shape index (κ2) is 7.04. The lowest BCUT2D eigenvalue weighted by Crippen LogP contribution is -2.13. The number of hydrogen-bond donors (Lipinski definition) is 1. The second-order valence-corrected chi connectivity index (χ2v) is 7.03. The molecule has 1 heterocycles. The maximum atomic E-state index is 12.7. The van der Waals surface area contributed by atoms with E-state index in [1.165, 1.54) is 32.4 Å². The van der Waals surface area contributed by atoms with Crippen LogP contribution in [0.4, 0.5) is 5.69 Å². The van der Waals surface area contributed by atoms with Gasteiger partial charge in [-0.1, -0.05) is 11.2 Å². The van der Waals surface area contributed by atoms with E-state index in [0.717, 1.165) is 0 Å². The van der Waals surface area contributed by atoms with E-state index >= 15 is 0 Å². The summed E-state index contributed by atoms with van der Waals surface area (Å²) in [5, 5.41) is 3.73. The predicted octanol–water partition coefficient (Wildman–Crippen LogP) is 2.86. The van der Waals surface area contributed by atoms with E-state index in [1.54, 1.807) is 31.2 Å². The Bertz CT molecular complexity index is 1030. The van der Waals surface area contributed by atoms with Crippen molar-refractivity contribution in [2.24, 2.45) is 0 Å². The smallest absolute Gasteiger partial charge is 0.262 e. The van der Waals surface area contributed by atoms with Gasteiger partial charge in [0, 0.05) is 17.3 Å². The van der Waals surface area contributed by atoms with Crippen molar-refractivity contribution >= 4 is 15.7 Å². The normalized spacial score (nSPS) is 11.2. The Kier molecular flexibility index (Phi) is 4.81. The number of ether oxygens (including phenoxy) is 2. The SMILES string of the molecule is COc1ccc(S(=O)(=O)Nc2cccc(-c3nc(C)no3)c2)cc1OC. The summed E-state index contributed by atoms with van der Waals surface area (Å²) in [4.78, 5) is 4.18. The predicted molar refractivity (Wildman–Crippen MR) is 94.8 cm³/mol. The minimum atomic E-state index is -3.82. The first-order chi connectivity index (χ1) is 12.4. The zero-order valence-corrected chi connectivity index (χ0v) is 15.2. The number of rotatable bonds is 6. The third-order valence-corrected chi connectivity index (χ3v) is 4.93. The number of hydrogen-bond acceptors (Lipinski definition) is 7. The van der Waals surface area contributed by atoms with Gasteiger partial charge in [-0.15, -0.1) is 0 Å². The van der Waals surface area contributed by atoms with Crippen LogP contribution in [0.2, 0.25) is 0 Å². The molecule has 0 saturated heterocycles. The Morgan fingerprint density at radius 1 is 1.04 bits per heavy atom. The van der Waals surface area contributed by atoms with Crippen molar-refractivity contribution in [2.45, 2.75) is 11.8 Å². The average Bonchev–Trinajstić information content (AvgIpc) is 3.07. The minimum Gasteiger partial charge on any atom is -0.493 e.